The van der Waals surface area contributed by atoms with Crippen molar-refractivity contribution in [2.45, 2.75) is 34.6 Å². The quantitative estimate of drug-likeness (QED) is 0.0996. The molecule has 2 amide bonds. The second kappa shape index (κ2) is 20.0. The molecule has 5 rings (SSSR count). The van der Waals surface area contributed by atoms with Crippen LogP contribution in [-0.2, 0) is 9.59 Å². The van der Waals surface area contributed by atoms with Crippen LogP contribution in [0.1, 0.15) is 46.6 Å². The number of aryl methyl sites for hydroxylation is 2. The lowest BCUT2D eigenvalue weighted by atomic mass is 10.2. The minimum Gasteiger partial charge on any atom is -0.504 e. The molecule has 0 fully saturated rings. The number of anilines is 2. The molecule has 10 nitrogen and oxygen atoms in total. The van der Waals surface area contributed by atoms with Gasteiger partial charge in [0.15, 0.2) is 11.4 Å². The number of aromatic carboxylic acids is 1. The van der Waals surface area contributed by atoms with Crippen LogP contribution in [0.15, 0.2) is 89.7 Å². The summed E-state index contributed by atoms with van der Waals surface area (Å²) in [6, 6.07) is 20.6. The molecule has 0 saturated heterocycles. The van der Waals surface area contributed by atoms with Gasteiger partial charge in [0, 0.05) is 30.0 Å². The van der Waals surface area contributed by atoms with E-state index >= 15 is 0 Å². The first-order valence-electron chi connectivity index (χ1n) is 15.3. The number of carbonyl (C=O) groups is 3. The van der Waals surface area contributed by atoms with E-state index in [4.69, 9.17) is 34.0 Å². The van der Waals surface area contributed by atoms with Crippen molar-refractivity contribution < 1.29 is 24.6 Å². The average Bonchev–Trinajstić information content (AvgIpc) is 3.41. The van der Waals surface area contributed by atoms with Crippen molar-refractivity contribution in [1.82, 2.24) is 14.7 Å². The fraction of sp³-hybridized carbons (Fsp3) is 0.189. The van der Waals surface area contributed by atoms with Gasteiger partial charge < -0.3 is 26.2 Å². The number of nitrogens with one attached hydrogen (secondary N) is 1. The summed E-state index contributed by atoms with van der Waals surface area (Å²) < 4.78 is 2.68. The van der Waals surface area contributed by atoms with Gasteiger partial charge in [-0.05, 0) is 102 Å². The number of aromatic hydroxyl groups is 1. The topological polar surface area (TPSA) is 150 Å². The number of carboxylic acids is 1. The first-order valence-corrected chi connectivity index (χ1v) is 16.9. The highest BCUT2D eigenvalue weighted by atomic mass is 79.9. The van der Waals surface area contributed by atoms with Gasteiger partial charge in [0.05, 0.1) is 28.5 Å². The Kier molecular flexibility index (Phi) is 16.5. The molecule has 0 aliphatic rings. The fourth-order valence-corrected chi connectivity index (χ4v) is 4.87. The van der Waals surface area contributed by atoms with Crippen LogP contribution in [-0.4, -0.2) is 51.0 Å². The molecular weight excluding hydrogens is 745 g/mol. The maximum atomic E-state index is 12.3. The Morgan fingerprint density at radius 2 is 1.60 bits per heavy atom. The van der Waals surface area contributed by atoms with Crippen LogP contribution in [0.4, 0.5) is 11.4 Å². The van der Waals surface area contributed by atoms with Crippen molar-refractivity contribution in [1.29, 1.82) is 0 Å². The van der Waals surface area contributed by atoms with E-state index in [1.807, 2.05) is 33.9 Å². The standard InChI is InChI=1S/C19H19Cl2N3O2.C8H7BrN2O.C8H8O2.C2H6/c1-12-15(20)8-9-16(19(12)21)24(2)18(26)11-23-17(25)10-5-13-3-6-14(22)7-4-13;1-5-7(9)11-4-2-3-6(12)8(11)10-5;1-6-2-4-7(5-3-6)8(9)10;1-2/h3-10H,11,22H2,1-2H3,(H,23,25);2-4,12H,1H3;2-5H,1H3,(H,9,10);1-2H3/b10-5+;;;. The number of carboxylic acid groups (broad SMARTS) is 1. The van der Waals surface area contributed by atoms with Gasteiger partial charge in [-0.15, -0.1) is 0 Å². The summed E-state index contributed by atoms with van der Waals surface area (Å²) in [5.41, 5.74) is 11.2. The predicted octanol–water partition coefficient (Wildman–Crippen LogP) is 8.51. The lowest BCUT2D eigenvalue weighted by Crippen LogP contribution is -2.37. The Hall–Kier alpha value is -4.84. The van der Waals surface area contributed by atoms with Crippen molar-refractivity contribution in [3.05, 3.63) is 128 Å². The molecule has 0 saturated carbocycles. The molecule has 0 bridgehead atoms. The first-order chi connectivity index (χ1) is 23.7. The lowest BCUT2D eigenvalue weighted by Gasteiger charge is -2.20. The normalized spacial score (nSPS) is 10.2. The van der Waals surface area contributed by atoms with Crippen molar-refractivity contribution in [3.8, 4) is 5.75 Å². The van der Waals surface area contributed by atoms with Crippen LogP contribution < -0.4 is 16.0 Å². The summed E-state index contributed by atoms with van der Waals surface area (Å²) in [6.45, 7) is 9.43. The van der Waals surface area contributed by atoms with Gasteiger partial charge in [-0.3, -0.25) is 14.0 Å². The van der Waals surface area contributed by atoms with Crippen LogP contribution in [0, 0.1) is 20.8 Å². The van der Waals surface area contributed by atoms with Crippen LogP contribution in [0.2, 0.25) is 10.0 Å². The number of amides is 2. The molecule has 5 aromatic rings. The Labute approximate surface area is 310 Å². The highest BCUT2D eigenvalue weighted by molar-refractivity contribution is 9.10. The average molecular weight is 786 g/mol. The van der Waals surface area contributed by atoms with E-state index < -0.39 is 5.97 Å². The number of fused-ring (bicyclic) bond motifs is 1. The number of benzene rings is 3. The lowest BCUT2D eigenvalue weighted by molar-refractivity contribution is -0.122. The van der Waals surface area contributed by atoms with Crippen molar-refractivity contribution >= 4 is 80.0 Å². The van der Waals surface area contributed by atoms with Gasteiger partial charge in [-0.25, -0.2) is 9.78 Å². The number of rotatable bonds is 6. The third-order valence-corrected chi connectivity index (χ3v) is 8.68. The molecule has 264 valence electrons. The van der Waals surface area contributed by atoms with E-state index in [-0.39, 0.29) is 24.1 Å². The number of nitrogens with two attached hydrogens (primary N) is 1. The smallest absolute Gasteiger partial charge is 0.335 e. The van der Waals surface area contributed by atoms with Crippen LogP contribution in [0.3, 0.4) is 0 Å². The second-order valence-electron chi connectivity index (χ2n) is 10.4. The summed E-state index contributed by atoms with van der Waals surface area (Å²) in [5, 5.41) is 21.4. The number of hydrogen-bond donors (Lipinski definition) is 4. The summed E-state index contributed by atoms with van der Waals surface area (Å²) in [7, 11) is 1.59. The largest absolute Gasteiger partial charge is 0.504 e. The fourth-order valence-electron chi connectivity index (χ4n) is 3.99. The zero-order valence-corrected chi connectivity index (χ0v) is 31.6. The second-order valence-corrected chi connectivity index (χ2v) is 12.0. The van der Waals surface area contributed by atoms with E-state index in [1.54, 1.807) is 97.2 Å². The predicted molar refractivity (Wildman–Crippen MR) is 206 cm³/mol. The molecule has 50 heavy (non-hydrogen) atoms. The van der Waals surface area contributed by atoms with Gasteiger partial charge in [-0.1, -0.05) is 66.9 Å². The summed E-state index contributed by atoms with van der Waals surface area (Å²) >= 11 is 15.6. The number of likely N-dealkylation sites (N-methyl/N-ethyl adjacent to an activating group) is 1. The van der Waals surface area contributed by atoms with Gasteiger partial charge in [0.25, 0.3) is 0 Å². The van der Waals surface area contributed by atoms with Gasteiger partial charge in [0.2, 0.25) is 11.8 Å². The Morgan fingerprint density at radius 1 is 0.980 bits per heavy atom. The minimum absolute atomic E-state index is 0.153. The SMILES string of the molecule is CC.Cc1c(Cl)ccc(N(C)C(=O)CNC(=O)/C=C/c2ccc(N)cc2)c1Cl.Cc1ccc(C(=O)O)cc1.Cc1nc2c(O)cccn2c1Br. The van der Waals surface area contributed by atoms with Crippen molar-refractivity contribution in [2.75, 3.05) is 24.2 Å². The third-order valence-electron chi connectivity index (χ3n) is 6.84. The number of nitrogen functional groups attached to an aromatic ring is 1. The molecule has 0 unspecified atom stereocenters. The van der Waals surface area contributed by atoms with E-state index in [0.29, 0.717) is 38.2 Å². The zero-order chi connectivity index (χ0) is 37.5. The Morgan fingerprint density at radius 3 is 2.18 bits per heavy atom. The molecule has 5 N–H and O–H groups in total. The summed E-state index contributed by atoms with van der Waals surface area (Å²) in [5.74, 6) is -1.35. The molecule has 0 aliphatic heterocycles. The minimum atomic E-state index is -0.875. The number of aromatic nitrogens is 2. The number of imidazole rings is 1. The molecule has 0 atom stereocenters. The number of pyridine rings is 1. The number of hydrogen-bond acceptors (Lipinski definition) is 6. The highest BCUT2D eigenvalue weighted by Crippen LogP contribution is 2.32. The van der Waals surface area contributed by atoms with Crippen LogP contribution in [0.5, 0.6) is 5.75 Å². The molecule has 0 spiro atoms. The Balaban J connectivity index is 0.000000295. The number of carbonyl (C=O) groups excluding carboxylic acids is 2. The maximum Gasteiger partial charge on any atom is 0.335 e. The van der Waals surface area contributed by atoms with Crippen LogP contribution in [0.25, 0.3) is 11.7 Å². The summed E-state index contributed by atoms with van der Waals surface area (Å²) in [6.07, 6.45) is 4.85. The maximum absolute atomic E-state index is 12.3. The number of halogens is 3. The van der Waals surface area contributed by atoms with E-state index in [1.165, 1.54) is 11.0 Å². The highest BCUT2D eigenvalue weighted by Gasteiger charge is 2.16. The van der Waals surface area contributed by atoms with Crippen LogP contribution >= 0.6 is 39.1 Å². The molecular formula is C37H40BrCl2N5O5. The van der Waals surface area contributed by atoms with E-state index in [2.05, 4.69) is 26.2 Å². The zero-order valence-electron chi connectivity index (χ0n) is 28.5. The third kappa shape index (κ3) is 11.9. The van der Waals surface area contributed by atoms with E-state index in [0.717, 1.165) is 21.4 Å². The van der Waals surface area contributed by atoms with Gasteiger partial charge in [-0.2, -0.15) is 0 Å². The van der Waals surface area contributed by atoms with Crippen molar-refractivity contribution in [2.24, 2.45) is 0 Å². The molecule has 13 heteroatoms. The van der Waals surface area contributed by atoms with E-state index in [9.17, 15) is 19.5 Å². The van der Waals surface area contributed by atoms with Crippen molar-refractivity contribution in [3.63, 3.8) is 0 Å². The Bertz CT molecular complexity index is 1950. The molecule has 0 aliphatic carbocycles. The molecule has 0 radical (unpaired) electrons. The number of nitrogens with zero attached hydrogens (tertiary/aromatic N) is 3. The van der Waals surface area contributed by atoms with Gasteiger partial charge >= 0.3 is 5.97 Å². The first kappa shape index (κ1) is 41.3. The molecule has 2 heterocycles. The van der Waals surface area contributed by atoms with Gasteiger partial charge in [0.1, 0.15) is 4.60 Å². The molecule has 3 aromatic carbocycles. The summed E-state index contributed by atoms with van der Waals surface area (Å²) in [4.78, 5) is 40.0. The monoisotopic (exact) mass is 783 g/mol. The molecule has 2 aromatic heterocycles.